The zero-order chi connectivity index (χ0) is 37.6. The minimum atomic E-state index is -5.74. The van der Waals surface area contributed by atoms with Gasteiger partial charge >= 0.3 is 5.97 Å². The van der Waals surface area contributed by atoms with Gasteiger partial charge < -0.3 is 5.11 Å². The van der Waals surface area contributed by atoms with E-state index in [4.69, 9.17) is 11.6 Å². The van der Waals surface area contributed by atoms with Crippen LogP contribution in [0.2, 0.25) is 5.02 Å². The maximum absolute atomic E-state index is 15.0. The third-order valence-corrected chi connectivity index (χ3v) is 10.2. The molecule has 0 aliphatic heterocycles. The van der Waals surface area contributed by atoms with Crippen LogP contribution in [0.15, 0.2) is 65.7 Å². The molecular weight excluding hydrogens is 721 g/mol. The van der Waals surface area contributed by atoms with Crippen molar-refractivity contribution >= 4 is 45.1 Å². The van der Waals surface area contributed by atoms with Crippen LogP contribution in [-0.2, 0) is 26.8 Å². The van der Waals surface area contributed by atoms with Crippen LogP contribution >= 0.6 is 11.6 Å². The lowest BCUT2D eigenvalue weighted by Gasteiger charge is -2.27. The molecule has 0 radical (unpaired) electrons. The topological polar surface area (TPSA) is 125 Å². The van der Waals surface area contributed by atoms with Crippen molar-refractivity contribution in [3.8, 4) is 0 Å². The van der Waals surface area contributed by atoms with Gasteiger partial charge in [-0.15, -0.1) is 0 Å². The van der Waals surface area contributed by atoms with E-state index in [0.717, 1.165) is 42.3 Å². The van der Waals surface area contributed by atoms with Gasteiger partial charge in [-0.2, -0.15) is 4.31 Å². The van der Waals surface area contributed by atoms with Crippen molar-refractivity contribution in [2.24, 2.45) is 0 Å². The summed E-state index contributed by atoms with van der Waals surface area (Å²) in [6, 6.07) is 12.4. The summed E-state index contributed by atoms with van der Waals surface area (Å²) < 4.78 is 100. The largest absolute Gasteiger partial charge is 0.477 e. The molecule has 5 rings (SSSR count). The number of nitrogens with zero attached hydrogens (tertiary/aromatic N) is 3. The van der Waals surface area contributed by atoms with Crippen molar-refractivity contribution in [1.29, 1.82) is 0 Å². The van der Waals surface area contributed by atoms with Crippen LogP contribution in [-0.4, -0.2) is 47.1 Å². The molecular formula is C35H29ClF5N3O6S. The Hall–Kier alpha value is -4.73. The number of imide groups is 1. The van der Waals surface area contributed by atoms with Gasteiger partial charge in [0.2, 0.25) is 21.7 Å². The number of carbonyl (C=O) groups is 3. The molecule has 268 valence electrons. The van der Waals surface area contributed by atoms with E-state index >= 15 is 0 Å². The number of pyridine rings is 1. The summed E-state index contributed by atoms with van der Waals surface area (Å²) in [7, 11) is -5.74. The van der Waals surface area contributed by atoms with E-state index in [2.05, 4.69) is 4.98 Å². The molecule has 3 aromatic carbocycles. The summed E-state index contributed by atoms with van der Waals surface area (Å²) in [4.78, 5) is 42.1. The first kappa shape index (κ1) is 37.5. The summed E-state index contributed by atoms with van der Waals surface area (Å²) in [5.41, 5.74) is 0.420. The van der Waals surface area contributed by atoms with Crippen LogP contribution < -0.4 is 4.90 Å². The van der Waals surface area contributed by atoms with Crippen molar-refractivity contribution in [2.45, 2.75) is 56.4 Å². The minimum absolute atomic E-state index is 0.00635. The normalized spacial score (nSPS) is 13.4. The SMILES string of the molecule is CC(C)(C)c1cc(C(=O)N(C(=O)CN(Cc2ccc(Cl)cc2)S(=O)(=O)c2c(F)c(F)c(F)c(F)c2F)c2ccc(C(=O)O)nc2)cc(C2CC2)c1. The van der Waals surface area contributed by atoms with E-state index < -0.39 is 86.0 Å². The number of sulfonamides is 1. The van der Waals surface area contributed by atoms with Crippen LogP contribution in [0.5, 0.6) is 0 Å². The van der Waals surface area contributed by atoms with E-state index in [1.165, 1.54) is 24.3 Å². The third-order valence-electron chi connectivity index (χ3n) is 8.15. The Morgan fingerprint density at radius 3 is 1.98 bits per heavy atom. The molecule has 1 saturated carbocycles. The number of carbonyl (C=O) groups excluding carboxylic acids is 2. The molecule has 0 spiro atoms. The van der Waals surface area contributed by atoms with Gasteiger partial charge in [0, 0.05) is 17.1 Å². The zero-order valence-electron chi connectivity index (χ0n) is 27.2. The first-order valence-corrected chi connectivity index (χ1v) is 17.1. The Balaban J connectivity index is 1.65. The molecule has 51 heavy (non-hydrogen) atoms. The van der Waals surface area contributed by atoms with E-state index in [1.54, 1.807) is 12.1 Å². The van der Waals surface area contributed by atoms with Crippen LogP contribution in [0.3, 0.4) is 0 Å². The number of hydrogen-bond acceptors (Lipinski definition) is 6. The van der Waals surface area contributed by atoms with Gasteiger partial charge in [0.1, 0.15) is 5.69 Å². The minimum Gasteiger partial charge on any atom is -0.477 e. The number of anilines is 1. The summed E-state index contributed by atoms with van der Waals surface area (Å²) in [6.07, 6.45) is 2.61. The molecule has 4 aromatic rings. The third kappa shape index (κ3) is 7.80. The summed E-state index contributed by atoms with van der Waals surface area (Å²) in [5, 5.41) is 9.56. The fraction of sp³-hybridized carbons (Fsp3) is 0.257. The Bertz CT molecular complexity index is 2130. The fourth-order valence-corrected chi connectivity index (χ4v) is 6.81. The Kier molecular flexibility index (Phi) is 10.4. The maximum atomic E-state index is 15.0. The standard InChI is InChI=1S/C35H29ClF5N3O6S/c1-35(2,3)22-13-20(19-6-7-19)12-21(14-22)33(46)44(24-10-11-25(34(47)48)42-15-24)26(45)17-43(16-18-4-8-23(36)9-5-18)51(49,50)32-30(40)28(38)27(37)29(39)31(32)41/h4-5,8-15,19H,6-7,16-17H2,1-3H3,(H,47,48). The molecule has 0 saturated heterocycles. The number of aromatic carboxylic acids is 1. The lowest BCUT2D eigenvalue weighted by Crippen LogP contribution is -2.46. The number of aromatic nitrogens is 1. The van der Waals surface area contributed by atoms with Crippen molar-refractivity contribution in [2.75, 3.05) is 11.4 Å². The molecule has 1 heterocycles. The number of amides is 2. The average Bonchev–Trinajstić information content (AvgIpc) is 3.93. The van der Waals surface area contributed by atoms with Crippen molar-refractivity contribution in [3.05, 3.63) is 123 Å². The second kappa shape index (κ2) is 14.1. The highest BCUT2D eigenvalue weighted by molar-refractivity contribution is 7.89. The van der Waals surface area contributed by atoms with Crippen molar-refractivity contribution in [3.63, 3.8) is 0 Å². The molecule has 1 fully saturated rings. The highest BCUT2D eigenvalue weighted by atomic mass is 35.5. The number of benzene rings is 3. The lowest BCUT2D eigenvalue weighted by molar-refractivity contribution is -0.118. The van der Waals surface area contributed by atoms with Crippen molar-refractivity contribution < 1.29 is 49.9 Å². The smallest absolute Gasteiger partial charge is 0.354 e. The highest BCUT2D eigenvalue weighted by Crippen LogP contribution is 2.42. The highest BCUT2D eigenvalue weighted by Gasteiger charge is 2.40. The van der Waals surface area contributed by atoms with Crippen LogP contribution in [0.25, 0.3) is 0 Å². The molecule has 1 aliphatic rings. The van der Waals surface area contributed by atoms with Gasteiger partial charge in [-0.3, -0.25) is 9.59 Å². The van der Waals surface area contributed by atoms with Gasteiger partial charge in [-0.05, 0) is 77.3 Å². The first-order valence-electron chi connectivity index (χ1n) is 15.3. The Morgan fingerprint density at radius 1 is 0.882 bits per heavy atom. The van der Waals surface area contributed by atoms with Crippen LogP contribution in [0.4, 0.5) is 27.6 Å². The number of halogens is 6. The average molecular weight is 750 g/mol. The van der Waals surface area contributed by atoms with Gasteiger partial charge in [0.25, 0.3) is 5.91 Å². The summed E-state index contributed by atoms with van der Waals surface area (Å²) in [6.45, 7) is 3.50. The van der Waals surface area contributed by atoms with Gasteiger partial charge in [0.15, 0.2) is 28.2 Å². The van der Waals surface area contributed by atoms with Crippen LogP contribution in [0, 0.1) is 29.1 Å². The number of carboxylic acid groups (broad SMARTS) is 1. The second-order valence-electron chi connectivity index (χ2n) is 12.9. The van der Waals surface area contributed by atoms with Crippen LogP contribution in [0.1, 0.15) is 77.1 Å². The van der Waals surface area contributed by atoms with E-state index in [9.17, 15) is 49.9 Å². The Labute approximate surface area is 294 Å². The molecule has 0 bridgehead atoms. The summed E-state index contributed by atoms with van der Waals surface area (Å²) in [5.74, 6) is -16.6. The van der Waals surface area contributed by atoms with Gasteiger partial charge in [-0.1, -0.05) is 50.6 Å². The first-order chi connectivity index (χ1) is 23.8. The van der Waals surface area contributed by atoms with E-state index in [1.807, 2.05) is 26.8 Å². The number of hydrogen-bond donors (Lipinski definition) is 1. The molecule has 16 heteroatoms. The Morgan fingerprint density at radius 2 is 1.47 bits per heavy atom. The quantitative estimate of drug-likeness (QED) is 0.102. The van der Waals surface area contributed by atoms with E-state index in [0.29, 0.717) is 4.90 Å². The predicted octanol–water partition coefficient (Wildman–Crippen LogP) is 7.37. The molecule has 0 atom stereocenters. The van der Waals surface area contributed by atoms with Crippen molar-refractivity contribution in [1.82, 2.24) is 9.29 Å². The maximum Gasteiger partial charge on any atom is 0.354 e. The molecule has 2 amide bonds. The van der Waals surface area contributed by atoms with Gasteiger partial charge in [-0.25, -0.2) is 45.0 Å². The van der Waals surface area contributed by atoms with Gasteiger partial charge in [0.05, 0.1) is 18.4 Å². The second-order valence-corrected chi connectivity index (χ2v) is 15.2. The number of rotatable bonds is 10. The number of carboxylic acids is 1. The molecule has 9 nitrogen and oxygen atoms in total. The zero-order valence-corrected chi connectivity index (χ0v) is 28.8. The molecule has 1 N–H and O–H groups in total. The molecule has 1 aromatic heterocycles. The summed E-state index contributed by atoms with van der Waals surface area (Å²) >= 11 is 5.93. The fourth-order valence-electron chi connectivity index (χ4n) is 5.19. The van der Waals surface area contributed by atoms with E-state index in [-0.39, 0.29) is 32.1 Å². The monoisotopic (exact) mass is 749 g/mol. The lowest BCUT2D eigenvalue weighted by atomic mass is 9.84. The molecule has 0 unspecified atom stereocenters. The predicted molar refractivity (Wildman–Crippen MR) is 175 cm³/mol. The molecule has 1 aliphatic carbocycles.